The van der Waals surface area contributed by atoms with Gasteiger partial charge in [-0.25, -0.2) is 4.39 Å². The van der Waals surface area contributed by atoms with Crippen LogP contribution in [0.5, 0.6) is 0 Å². The van der Waals surface area contributed by atoms with Gasteiger partial charge in [0.05, 0.1) is 5.02 Å². The number of halogens is 5. The van der Waals surface area contributed by atoms with Gasteiger partial charge in [0, 0.05) is 20.6 Å². The molecule has 2 N–H and O–H groups in total. The first kappa shape index (κ1) is 16.9. The Morgan fingerprint density at radius 3 is 2.33 bits per heavy atom. The molecule has 0 aromatic heterocycles. The van der Waals surface area contributed by atoms with Crippen LogP contribution in [0.4, 0.5) is 4.39 Å². The van der Waals surface area contributed by atoms with E-state index in [1.54, 1.807) is 25.1 Å². The predicted octanol–water partition coefficient (Wildman–Crippen LogP) is 5.86. The second-order valence-electron chi connectivity index (χ2n) is 5.08. The van der Waals surface area contributed by atoms with Crippen molar-refractivity contribution in [3.63, 3.8) is 0 Å². The smallest absolute Gasteiger partial charge is 0.142 e. The molecule has 2 aromatic rings. The van der Waals surface area contributed by atoms with E-state index in [9.17, 15) is 4.39 Å². The largest absolute Gasteiger partial charge is 0.321 e. The Labute approximate surface area is 142 Å². The molecule has 21 heavy (non-hydrogen) atoms. The summed E-state index contributed by atoms with van der Waals surface area (Å²) in [7, 11) is 0. The van der Waals surface area contributed by atoms with Gasteiger partial charge in [-0.15, -0.1) is 0 Å². The summed E-state index contributed by atoms with van der Waals surface area (Å²) in [5.41, 5.74) is 6.62. The summed E-state index contributed by atoms with van der Waals surface area (Å²) in [6.45, 7) is 1.75. The molecule has 0 spiro atoms. The fourth-order valence-electron chi connectivity index (χ4n) is 2.13. The van der Waals surface area contributed by atoms with E-state index >= 15 is 0 Å². The highest BCUT2D eigenvalue weighted by Crippen LogP contribution is 2.34. The molecule has 6 heteroatoms. The molecule has 0 aliphatic heterocycles. The van der Waals surface area contributed by atoms with Crippen LogP contribution in [0.25, 0.3) is 0 Å². The maximum Gasteiger partial charge on any atom is 0.142 e. The molecule has 112 valence electrons. The van der Waals surface area contributed by atoms with Crippen LogP contribution in [0, 0.1) is 5.82 Å². The number of rotatable bonds is 3. The van der Waals surface area contributed by atoms with Crippen molar-refractivity contribution >= 4 is 46.4 Å². The lowest BCUT2D eigenvalue weighted by Crippen LogP contribution is -2.36. The third kappa shape index (κ3) is 3.82. The van der Waals surface area contributed by atoms with E-state index in [4.69, 9.17) is 52.1 Å². The molecule has 0 amide bonds. The summed E-state index contributed by atoms with van der Waals surface area (Å²) in [5.74, 6) is -0.565. The predicted molar refractivity (Wildman–Crippen MR) is 88.1 cm³/mol. The third-order valence-electron chi connectivity index (χ3n) is 3.19. The van der Waals surface area contributed by atoms with E-state index in [2.05, 4.69) is 0 Å². The third-order valence-corrected chi connectivity index (χ3v) is 4.40. The summed E-state index contributed by atoms with van der Waals surface area (Å²) in [5, 5.41) is 1.37. The van der Waals surface area contributed by atoms with E-state index in [-0.39, 0.29) is 5.02 Å². The van der Waals surface area contributed by atoms with E-state index in [0.717, 1.165) is 5.56 Å². The standard InChI is InChI=1S/C15H12Cl4FN/c1-15(21,7-8-4-9(16)2-3-11(8)17)10-5-14(20)13(19)6-12(10)18/h2-6H,7,21H2,1H3. The summed E-state index contributed by atoms with van der Waals surface area (Å²) < 4.78 is 13.7. The van der Waals surface area contributed by atoms with Gasteiger partial charge in [0.1, 0.15) is 5.82 Å². The van der Waals surface area contributed by atoms with Crippen molar-refractivity contribution in [2.45, 2.75) is 18.9 Å². The van der Waals surface area contributed by atoms with Crippen LogP contribution in [0.1, 0.15) is 18.1 Å². The van der Waals surface area contributed by atoms with Crippen LogP contribution < -0.4 is 5.73 Å². The maximum absolute atomic E-state index is 13.7. The molecule has 0 bridgehead atoms. The monoisotopic (exact) mass is 365 g/mol. The molecule has 0 radical (unpaired) electrons. The van der Waals surface area contributed by atoms with Gasteiger partial charge in [-0.05, 0) is 54.8 Å². The van der Waals surface area contributed by atoms with Gasteiger partial charge < -0.3 is 5.73 Å². The molecule has 0 fully saturated rings. The molecule has 0 saturated carbocycles. The van der Waals surface area contributed by atoms with Gasteiger partial charge in [0.15, 0.2) is 0 Å². The number of nitrogens with two attached hydrogens (primary N) is 1. The minimum Gasteiger partial charge on any atom is -0.321 e. The summed E-state index contributed by atoms with van der Waals surface area (Å²) in [4.78, 5) is 0. The Bertz CT molecular complexity index is 686. The Balaban J connectivity index is 2.42. The van der Waals surface area contributed by atoms with Crippen molar-refractivity contribution < 1.29 is 4.39 Å². The number of benzene rings is 2. The highest BCUT2D eigenvalue weighted by molar-refractivity contribution is 6.35. The zero-order valence-electron chi connectivity index (χ0n) is 11.1. The van der Waals surface area contributed by atoms with E-state index in [1.165, 1.54) is 12.1 Å². The normalized spacial score (nSPS) is 14.0. The van der Waals surface area contributed by atoms with Crippen LogP contribution in [0.3, 0.4) is 0 Å². The highest BCUT2D eigenvalue weighted by Gasteiger charge is 2.27. The van der Waals surface area contributed by atoms with Gasteiger partial charge in [-0.1, -0.05) is 46.4 Å². The Morgan fingerprint density at radius 1 is 1.00 bits per heavy atom. The fourth-order valence-corrected chi connectivity index (χ4v) is 3.11. The molecule has 1 nitrogen and oxygen atoms in total. The lowest BCUT2D eigenvalue weighted by molar-refractivity contribution is 0.486. The molecule has 0 heterocycles. The summed E-state index contributed by atoms with van der Waals surface area (Å²) in [6, 6.07) is 7.71. The Kier molecular flexibility index (Phi) is 5.07. The highest BCUT2D eigenvalue weighted by atomic mass is 35.5. The van der Waals surface area contributed by atoms with Gasteiger partial charge in [-0.3, -0.25) is 0 Å². The minimum absolute atomic E-state index is 0.0414. The van der Waals surface area contributed by atoms with Crippen molar-refractivity contribution in [3.05, 3.63) is 67.4 Å². The Hall–Kier alpha value is -0.510. The first-order chi connectivity index (χ1) is 9.70. The van der Waals surface area contributed by atoms with Crippen LogP contribution in [-0.2, 0) is 12.0 Å². The van der Waals surface area contributed by atoms with Crippen LogP contribution in [-0.4, -0.2) is 0 Å². The molecule has 0 aliphatic carbocycles. The first-order valence-corrected chi connectivity index (χ1v) is 7.60. The fraction of sp³-hybridized carbons (Fsp3) is 0.200. The lowest BCUT2D eigenvalue weighted by atomic mass is 9.86. The van der Waals surface area contributed by atoms with E-state index in [1.807, 2.05) is 0 Å². The molecule has 0 aliphatic rings. The molecule has 1 atom stereocenters. The van der Waals surface area contributed by atoms with Crippen molar-refractivity contribution in [1.82, 2.24) is 0 Å². The van der Waals surface area contributed by atoms with Gasteiger partial charge >= 0.3 is 0 Å². The number of hydrogen-bond acceptors (Lipinski definition) is 1. The molecule has 2 aromatic carbocycles. The molecule has 1 unspecified atom stereocenters. The van der Waals surface area contributed by atoms with Gasteiger partial charge in [0.25, 0.3) is 0 Å². The van der Waals surface area contributed by atoms with Gasteiger partial charge in [0.2, 0.25) is 0 Å². The second-order valence-corrected chi connectivity index (χ2v) is 6.73. The molecule has 0 saturated heterocycles. The molecular formula is C15H12Cl4FN. The Morgan fingerprint density at radius 2 is 1.67 bits per heavy atom. The van der Waals surface area contributed by atoms with Crippen molar-refractivity contribution in [1.29, 1.82) is 0 Å². The summed E-state index contributed by atoms with van der Waals surface area (Å²) >= 11 is 23.9. The van der Waals surface area contributed by atoms with Crippen LogP contribution in [0.2, 0.25) is 20.1 Å². The average molecular weight is 367 g/mol. The quantitative estimate of drug-likeness (QED) is 0.676. The van der Waals surface area contributed by atoms with E-state index in [0.29, 0.717) is 27.1 Å². The summed E-state index contributed by atoms with van der Waals surface area (Å²) in [6.07, 6.45) is 0.354. The van der Waals surface area contributed by atoms with Crippen molar-refractivity contribution in [3.8, 4) is 0 Å². The van der Waals surface area contributed by atoms with Crippen molar-refractivity contribution in [2.24, 2.45) is 5.73 Å². The lowest BCUT2D eigenvalue weighted by Gasteiger charge is -2.27. The maximum atomic E-state index is 13.7. The first-order valence-electron chi connectivity index (χ1n) is 6.08. The zero-order chi connectivity index (χ0) is 15.8. The number of hydrogen-bond donors (Lipinski definition) is 1. The minimum atomic E-state index is -0.920. The SMILES string of the molecule is CC(N)(Cc1cc(Cl)ccc1Cl)c1cc(F)c(Cl)cc1Cl. The molecule has 2 rings (SSSR count). The zero-order valence-corrected chi connectivity index (χ0v) is 14.1. The van der Waals surface area contributed by atoms with Crippen LogP contribution >= 0.6 is 46.4 Å². The van der Waals surface area contributed by atoms with Crippen molar-refractivity contribution in [2.75, 3.05) is 0 Å². The van der Waals surface area contributed by atoms with E-state index < -0.39 is 11.4 Å². The average Bonchev–Trinajstić information content (AvgIpc) is 2.37. The second kappa shape index (κ2) is 6.31. The molecular weight excluding hydrogens is 355 g/mol. The van der Waals surface area contributed by atoms with Gasteiger partial charge in [-0.2, -0.15) is 0 Å². The topological polar surface area (TPSA) is 26.0 Å². The van der Waals surface area contributed by atoms with Crippen LogP contribution in [0.15, 0.2) is 30.3 Å².